The number of hydrogen-bond acceptors (Lipinski definition) is 5. The van der Waals surface area contributed by atoms with Crippen molar-refractivity contribution >= 4 is 17.2 Å². The van der Waals surface area contributed by atoms with E-state index in [-0.39, 0.29) is 18.0 Å². The summed E-state index contributed by atoms with van der Waals surface area (Å²) in [5, 5.41) is 4.71. The molecule has 0 aliphatic heterocycles. The van der Waals surface area contributed by atoms with Crippen molar-refractivity contribution in [1.29, 1.82) is 0 Å². The molecule has 2 aromatic heterocycles. The van der Waals surface area contributed by atoms with Gasteiger partial charge < -0.3 is 10.1 Å². The smallest absolute Gasteiger partial charge is 0.254 e. The molecular weight excluding hydrogens is 338 g/mol. The Balaban J connectivity index is 1.62. The van der Waals surface area contributed by atoms with Crippen molar-refractivity contribution in [3.05, 3.63) is 70.1 Å². The van der Waals surface area contributed by atoms with Crippen LogP contribution in [0.4, 0.5) is 0 Å². The van der Waals surface area contributed by atoms with E-state index in [4.69, 9.17) is 4.74 Å². The third kappa shape index (κ3) is 4.33. The van der Waals surface area contributed by atoms with Gasteiger partial charge in [0.05, 0.1) is 24.0 Å². The molecule has 0 radical (unpaired) electrons. The minimum absolute atomic E-state index is 0.0689. The summed E-state index contributed by atoms with van der Waals surface area (Å²) in [6, 6.07) is 12.7. The summed E-state index contributed by atoms with van der Waals surface area (Å²) in [5.74, 6) is 0.479. The van der Waals surface area contributed by atoms with Gasteiger partial charge in [0, 0.05) is 12.6 Å². The number of benzene rings is 1. The van der Waals surface area contributed by atoms with Crippen LogP contribution in [0.15, 0.2) is 59.0 Å². The molecule has 0 fully saturated rings. The van der Waals surface area contributed by atoms with Crippen molar-refractivity contribution in [3.63, 3.8) is 0 Å². The molecule has 0 spiro atoms. The Morgan fingerprint density at radius 1 is 1.28 bits per heavy atom. The number of carbonyl (C=O) groups is 1. The molecule has 0 atom stereocenters. The van der Waals surface area contributed by atoms with Crippen LogP contribution in [0.25, 0.3) is 10.6 Å². The van der Waals surface area contributed by atoms with Gasteiger partial charge in [0.15, 0.2) is 0 Å². The van der Waals surface area contributed by atoms with E-state index in [1.54, 1.807) is 7.11 Å². The predicted octanol–water partition coefficient (Wildman–Crippen LogP) is 2.30. The van der Waals surface area contributed by atoms with Gasteiger partial charge in [-0.05, 0) is 29.1 Å². The van der Waals surface area contributed by atoms with Crippen LogP contribution in [0, 0.1) is 0 Å². The minimum Gasteiger partial charge on any atom is -0.497 e. The topological polar surface area (TPSA) is 73.2 Å². The van der Waals surface area contributed by atoms with Crippen molar-refractivity contribution in [2.45, 2.75) is 13.1 Å². The molecule has 0 saturated heterocycles. The van der Waals surface area contributed by atoms with Crippen LogP contribution in [-0.4, -0.2) is 22.6 Å². The van der Waals surface area contributed by atoms with Gasteiger partial charge in [-0.15, -0.1) is 11.3 Å². The normalized spacial score (nSPS) is 10.4. The Labute approximate surface area is 148 Å². The maximum atomic E-state index is 12.2. The van der Waals surface area contributed by atoms with Crippen molar-refractivity contribution in [2.75, 3.05) is 7.11 Å². The highest BCUT2D eigenvalue weighted by atomic mass is 32.1. The molecule has 7 heteroatoms. The Morgan fingerprint density at radius 2 is 2.16 bits per heavy atom. The Bertz CT molecular complexity index is 919. The largest absolute Gasteiger partial charge is 0.497 e. The molecule has 3 aromatic rings. The lowest BCUT2D eigenvalue weighted by atomic mass is 10.2. The molecule has 0 saturated carbocycles. The monoisotopic (exact) mass is 355 g/mol. The van der Waals surface area contributed by atoms with Gasteiger partial charge in [-0.3, -0.25) is 14.2 Å². The van der Waals surface area contributed by atoms with Gasteiger partial charge in [0.1, 0.15) is 12.3 Å². The van der Waals surface area contributed by atoms with E-state index >= 15 is 0 Å². The number of nitrogens with zero attached hydrogens (tertiary/aromatic N) is 2. The van der Waals surface area contributed by atoms with E-state index < -0.39 is 0 Å². The molecule has 128 valence electrons. The summed E-state index contributed by atoms with van der Waals surface area (Å²) in [4.78, 5) is 29.4. The average Bonchev–Trinajstić information content (AvgIpc) is 3.16. The quantitative estimate of drug-likeness (QED) is 0.736. The second-order valence-corrected chi connectivity index (χ2v) is 6.29. The van der Waals surface area contributed by atoms with Gasteiger partial charge in [0.25, 0.3) is 5.56 Å². The van der Waals surface area contributed by atoms with Crippen LogP contribution in [-0.2, 0) is 17.9 Å². The third-order valence-electron chi connectivity index (χ3n) is 3.59. The lowest BCUT2D eigenvalue weighted by molar-refractivity contribution is -0.121. The maximum Gasteiger partial charge on any atom is 0.254 e. The van der Waals surface area contributed by atoms with E-state index in [2.05, 4.69) is 10.3 Å². The SMILES string of the molecule is COc1cccc(CNC(=O)Cn2cnc(-c3cccs3)cc2=O)c1. The van der Waals surface area contributed by atoms with Crippen molar-refractivity contribution < 1.29 is 9.53 Å². The van der Waals surface area contributed by atoms with Gasteiger partial charge in [-0.2, -0.15) is 0 Å². The zero-order valence-electron chi connectivity index (χ0n) is 13.6. The van der Waals surface area contributed by atoms with Gasteiger partial charge >= 0.3 is 0 Å². The van der Waals surface area contributed by atoms with E-state index in [1.807, 2.05) is 41.8 Å². The third-order valence-corrected chi connectivity index (χ3v) is 4.48. The predicted molar refractivity (Wildman–Crippen MR) is 96.7 cm³/mol. The lowest BCUT2D eigenvalue weighted by Crippen LogP contribution is -2.31. The van der Waals surface area contributed by atoms with Crippen molar-refractivity contribution in [3.8, 4) is 16.3 Å². The molecule has 1 amide bonds. The number of hydrogen-bond donors (Lipinski definition) is 1. The molecule has 0 aliphatic rings. The fraction of sp³-hybridized carbons (Fsp3) is 0.167. The highest BCUT2D eigenvalue weighted by molar-refractivity contribution is 7.13. The van der Waals surface area contributed by atoms with Crippen LogP contribution >= 0.6 is 11.3 Å². The van der Waals surface area contributed by atoms with Gasteiger partial charge in [-0.25, -0.2) is 4.98 Å². The van der Waals surface area contributed by atoms with Crippen molar-refractivity contribution in [1.82, 2.24) is 14.9 Å². The number of ether oxygens (including phenoxy) is 1. The Kier molecular flexibility index (Phi) is 5.25. The second kappa shape index (κ2) is 7.76. The number of rotatable bonds is 6. The standard InChI is InChI=1S/C18H17N3O3S/c1-24-14-5-2-4-13(8-14)10-19-17(22)11-21-12-20-15(9-18(21)23)16-6-3-7-25-16/h2-9,12H,10-11H2,1H3,(H,19,22). The summed E-state index contributed by atoms with van der Waals surface area (Å²) in [5.41, 5.74) is 1.29. The first-order chi connectivity index (χ1) is 12.2. The number of amides is 1. The first-order valence-electron chi connectivity index (χ1n) is 7.66. The highest BCUT2D eigenvalue weighted by Crippen LogP contribution is 2.20. The number of nitrogens with one attached hydrogen (secondary N) is 1. The van der Waals surface area contributed by atoms with Crippen LogP contribution < -0.4 is 15.6 Å². The number of aromatic nitrogens is 2. The molecule has 3 rings (SSSR count). The molecule has 2 heterocycles. The van der Waals surface area contributed by atoms with E-state index in [0.29, 0.717) is 12.2 Å². The van der Waals surface area contributed by atoms with E-state index in [0.717, 1.165) is 16.2 Å². The van der Waals surface area contributed by atoms with E-state index in [1.165, 1.54) is 28.3 Å². The summed E-state index contributed by atoms with van der Waals surface area (Å²) in [6.07, 6.45) is 1.41. The maximum absolute atomic E-state index is 12.2. The summed E-state index contributed by atoms with van der Waals surface area (Å²) in [7, 11) is 1.59. The molecular formula is C18H17N3O3S. The highest BCUT2D eigenvalue weighted by Gasteiger charge is 2.08. The average molecular weight is 355 g/mol. The number of thiophene rings is 1. The van der Waals surface area contributed by atoms with Crippen LogP contribution in [0.2, 0.25) is 0 Å². The number of carbonyl (C=O) groups excluding carboxylic acids is 1. The van der Waals surface area contributed by atoms with Crippen LogP contribution in [0.3, 0.4) is 0 Å². The molecule has 6 nitrogen and oxygen atoms in total. The van der Waals surface area contributed by atoms with Crippen molar-refractivity contribution in [2.24, 2.45) is 0 Å². The molecule has 0 unspecified atom stereocenters. The molecule has 0 aliphatic carbocycles. The van der Waals surface area contributed by atoms with E-state index in [9.17, 15) is 9.59 Å². The lowest BCUT2D eigenvalue weighted by Gasteiger charge is -2.08. The zero-order chi connectivity index (χ0) is 17.6. The first kappa shape index (κ1) is 16.9. The summed E-state index contributed by atoms with van der Waals surface area (Å²) < 4.78 is 6.44. The summed E-state index contributed by atoms with van der Waals surface area (Å²) >= 11 is 1.51. The molecule has 1 N–H and O–H groups in total. The van der Waals surface area contributed by atoms with Gasteiger partial charge in [-0.1, -0.05) is 18.2 Å². The van der Waals surface area contributed by atoms with Crippen LogP contribution in [0.5, 0.6) is 5.75 Å². The fourth-order valence-electron chi connectivity index (χ4n) is 2.30. The minimum atomic E-state index is -0.255. The molecule has 25 heavy (non-hydrogen) atoms. The number of methoxy groups -OCH3 is 1. The zero-order valence-corrected chi connectivity index (χ0v) is 14.5. The second-order valence-electron chi connectivity index (χ2n) is 5.35. The first-order valence-corrected chi connectivity index (χ1v) is 8.53. The molecule has 1 aromatic carbocycles. The summed E-state index contributed by atoms with van der Waals surface area (Å²) in [6.45, 7) is 0.298. The van der Waals surface area contributed by atoms with Gasteiger partial charge in [0.2, 0.25) is 5.91 Å². The fourth-order valence-corrected chi connectivity index (χ4v) is 2.99. The Hall–Kier alpha value is -2.93. The Morgan fingerprint density at radius 3 is 2.88 bits per heavy atom. The van der Waals surface area contributed by atoms with Crippen LogP contribution in [0.1, 0.15) is 5.56 Å². The molecule has 0 bridgehead atoms.